The lowest BCUT2D eigenvalue weighted by Gasteiger charge is -2.43. The third kappa shape index (κ3) is 3.67. The highest BCUT2D eigenvalue weighted by molar-refractivity contribution is 7.13. The lowest BCUT2D eigenvalue weighted by atomic mass is 9.80. The van der Waals surface area contributed by atoms with Gasteiger partial charge in [-0.15, -0.1) is 11.3 Å². The van der Waals surface area contributed by atoms with Gasteiger partial charge in [0.1, 0.15) is 0 Å². The molecule has 1 saturated carbocycles. The Balaban J connectivity index is 1.86. The minimum Gasteiger partial charge on any atom is -0.336 e. The van der Waals surface area contributed by atoms with Gasteiger partial charge in [-0.25, -0.2) is 9.78 Å². The fraction of sp³-hybridized carbons (Fsp3) is 0.692. The SMILES string of the molecule is CN(C)C1(CNC(=O)Nc2nccs2)CCCCC1. The summed E-state index contributed by atoms with van der Waals surface area (Å²) >= 11 is 1.42. The smallest absolute Gasteiger partial charge is 0.321 e. The van der Waals surface area contributed by atoms with E-state index < -0.39 is 0 Å². The van der Waals surface area contributed by atoms with Crippen molar-refractivity contribution in [2.75, 3.05) is 26.0 Å². The van der Waals surface area contributed by atoms with Gasteiger partial charge in [-0.05, 0) is 26.9 Å². The molecule has 1 aliphatic carbocycles. The number of carbonyl (C=O) groups excluding carboxylic acids is 1. The number of nitrogens with zero attached hydrogens (tertiary/aromatic N) is 2. The van der Waals surface area contributed by atoms with E-state index >= 15 is 0 Å². The molecule has 0 atom stereocenters. The standard InChI is InChI=1S/C13H22N4OS/c1-17(2)13(6-4-3-5-7-13)10-15-11(18)16-12-14-8-9-19-12/h8-9H,3-7,10H2,1-2H3,(H2,14,15,16,18). The molecule has 2 rings (SSSR count). The second-order valence-corrected chi connectivity index (χ2v) is 6.22. The summed E-state index contributed by atoms with van der Waals surface area (Å²) in [5.41, 5.74) is 0.110. The monoisotopic (exact) mass is 282 g/mol. The number of carbonyl (C=O) groups is 1. The number of amides is 2. The fourth-order valence-corrected chi connectivity index (χ4v) is 3.19. The first-order chi connectivity index (χ1) is 9.12. The van der Waals surface area contributed by atoms with Crippen molar-refractivity contribution in [1.82, 2.24) is 15.2 Å². The van der Waals surface area contributed by atoms with Crippen molar-refractivity contribution in [3.63, 3.8) is 0 Å². The van der Waals surface area contributed by atoms with Crippen molar-refractivity contribution in [2.24, 2.45) is 0 Å². The molecule has 1 aromatic heterocycles. The van der Waals surface area contributed by atoms with Crippen LogP contribution in [0.3, 0.4) is 0 Å². The summed E-state index contributed by atoms with van der Waals surface area (Å²) in [5, 5.41) is 8.23. The highest BCUT2D eigenvalue weighted by atomic mass is 32.1. The maximum absolute atomic E-state index is 11.8. The van der Waals surface area contributed by atoms with E-state index in [9.17, 15) is 4.79 Å². The van der Waals surface area contributed by atoms with Gasteiger partial charge in [0.2, 0.25) is 0 Å². The van der Waals surface area contributed by atoms with Crippen LogP contribution >= 0.6 is 11.3 Å². The first-order valence-electron chi connectivity index (χ1n) is 6.74. The zero-order valence-corrected chi connectivity index (χ0v) is 12.4. The molecular formula is C13H22N4OS. The van der Waals surface area contributed by atoms with Crippen LogP contribution in [0.15, 0.2) is 11.6 Å². The number of rotatable bonds is 4. The van der Waals surface area contributed by atoms with E-state index in [1.807, 2.05) is 5.38 Å². The minimum atomic E-state index is -0.165. The number of urea groups is 1. The molecular weight excluding hydrogens is 260 g/mol. The van der Waals surface area contributed by atoms with Crippen LogP contribution in [0.2, 0.25) is 0 Å². The molecule has 1 aromatic rings. The zero-order valence-electron chi connectivity index (χ0n) is 11.6. The van der Waals surface area contributed by atoms with Crippen molar-refractivity contribution < 1.29 is 4.79 Å². The average molecular weight is 282 g/mol. The Morgan fingerprint density at radius 1 is 1.42 bits per heavy atom. The van der Waals surface area contributed by atoms with E-state index in [1.165, 1.54) is 30.6 Å². The quantitative estimate of drug-likeness (QED) is 0.892. The van der Waals surface area contributed by atoms with Gasteiger partial charge in [-0.2, -0.15) is 0 Å². The lowest BCUT2D eigenvalue weighted by Crippen LogP contribution is -2.54. The summed E-state index contributed by atoms with van der Waals surface area (Å²) in [6, 6.07) is -0.165. The van der Waals surface area contributed by atoms with Crippen LogP contribution in [0.5, 0.6) is 0 Å². The van der Waals surface area contributed by atoms with Gasteiger partial charge in [0.05, 0.1) is 0 Å². The van der Waals surface area contributed by atoms with Crippen LogP contribution in [0.1, 0.15) is 32.1 Å². The van der Waals surface area contributed by atoms with E-state index in [2.05, 4.69) is 34.6 Å². The summed E-state index contributed by atoms with van der Waals surface area (Å²) in [5.74, 6) is 0. The largest absolute Gasteiger partial charge is 0.336 e. The number of likely N-dealkylation sites (N-methyl/N-ethyl adjacent to an activating group) is 1. The van der Waals surface area contributed by atoms with Crippen molar-refractivity contribution in [2.45, 2.75) is 37.6 Å². The third-order valence-corrected chi connectivity index (χ3v) is 4.65. The molecule has 0 spiro atoms. The Hall–Kier alpha value is -1.14. The molecule has 6 heteroatoms. The number of aromatic nitrogens is 1. The van der Waals surface area contributed by atoms with Crippen LogP contribution in [0.25, 0.3) is 0 Å². The van der Waals surface area contributed by atoms with Crippen LogP contribution in [-0.4, -0.2) is 42.1 Å². The summed E-state index contributed by atoms with van der Waals surface area (Å²) in [6.45, 7) is 0.692. The van der Waals surface area contributed by atoms with E-state index in [1.54, 1.807) is 6.20 Å². The van der Waals surface area contributed by atoms with Crippen LogP contribution < -0.4 is 10.6 Å². The molecule has 0 bridgehead atoms. The summed E-state index contributed by atoms with van der Waals surface area (Å²) < 4.78 is 0. The highest BCUT2D eigenvalue weighted by Crippen LogP contribution is 2.31. The molecule has 1 aliphatic rings. The van der Waals surface area contributed by atoms with Gasteiger partial charge in [0, 0.05) is 23.7 Å². The van der Waals surface area contributed by atoms with Crippen LogP contribution in [0, 0.1) is 0 Å². The Bertz CT molecular complexity index is 399. The molecule has 1 heterocycles. The molecule has 0 unspecified atom stereocenters. The van der Waals surface area contributed by atoms with E-state index in [-0.39, 0.29) is 11.6 Å². The first kappa shape index (κ1) is 14.3. The summed E-state index contributed by atoms with van der Waals surface area (Å²) in [6.07, 6.45) is 7.78. The maximum Gasteiger partial charge on any atom is 0.321 e. The Labute approximate surface area is 118 Å². The molecule has 2 N–H and O–H groups in total. The van der Waals surface area contributed by atoms with E-state index in [4.69, 9.17) is 0 Å². The summed E-state index contributed by atoms with van der Waals surface area (Å²) in [4.78, 5) is 18.1. The zero-order chi connectivity index (χ0) is 13.7. The van der Waals surface area contributed by atoms with Crippen LogP contribution in [-0.2, 0) is 0 Å². The number of thiazole rings is 1. The van der Waals surface area contributed by atoms with Crippen LogP contribution in [0.4, 0.5) is 9.93 Å². The van der Waals surface area contributed by atoms with Gasteiger partial charge in [0.25, 0.3) is 0 Å². The third-order valence-electron chi connectivity index (χ3n) is 3.96. The predicted molar refractivity (Wildman–Crippen MR) is 78.6 cm³/mol. The predicted octanol–water partition coefficient (Wildman–Crippen LogP) is 2.53. The Kier molecular flexibility index (Phi) is 4.76. The fourth-order valence-electron chi connectivity index (χ4n) is 2.66. The number of nitrogens with one attached hydrogen (secondary N) is 2. The number of hydrogen-bond donors (Lipinski definition) is 2. The van der Waals surface area contributed by atoms with Gasteiger partial charge < -0.3 is 10.2 Å². The van der Waals surface area contributed by atoms with Gasteiger partial charge in [0.15, 0.2) is 5.13 Å². The van der Waals surface area contributed by atoms with Crippen molar-refractivity contribution in [3.05, 3.63) is 11.6 Å². The average Bonchev–Trinajstić information content (AvgIpc) is 2.90. The lowest BCUT2D eigenvalue weighted by molar-refractivity contribution is 0.101. The minimum absolute atomic E-state index is 0.110. The number of hydrogen-bond acceptors (Lipinski definition) is 4. The van der Waals surface area contributed by atoms with E-state index in [0.717, 1.165) is 12.8 Å². The molecule has 0 aliphatic heterocycles. The molecule has 5 nitrogen and oxygen atoms in total. The normalized spacial score (nSPS) is 18.3. The topological polar surface area (TPSA) is 57.3 Å². The Morgan fingerprint density at radius 2 is 2.16 bits per heavy atom. The number of anilines is 1. The summed E-state index contributed by atoms with van der Waals surface area (Å²) in [7, 11) is 4.21. The van der Waals surface area contributed by atoms with E-state index in [0.29, 0.717) is 11.7 Å². The molecule has 0 aromatic carbocycles. The maximum atomic E-state index is 11.8. The second-order valence-electron chi connectivity index (χ2n) is 5.32. The van der Waals surface area contributed by atoms with Crippen molar-refractivity contribution >= 4 is 22.5 Å². The van der Waals surface area contributed by atoms with Gasteiger partial charge in [-0.3, -0.25) is 5.32 Å². The van der Waals surface area contributed by atoms with Crippen molar-refractivity contribution in [3.8, 4) is 0 Å². The molecule has 1 fully saturated rings. The molecule has 0 radical (unpaired) electrons. The van der Waals surface area contributed by atoms with Gasteiger partial charge >= 0.3 is 6.03 Å². The molecule has 0 saturated heterocycles. The molecule has 19 heavy (non-hydrogen) atoms. The second kappa shape index (κ2) is 6.34. The highest BCUT2D eigenvalue weighted by Gasteiger charge is 2.34. The molecule has 106 valence electrons. The Morgan fingerprint density at radius 3 is 2.74 bits per heavy atom. The first-order valence-corrected chi connectivity index (χ1v) is 7.62. The van der Waals surface area contributed by atoms with Crippen molar-refractivity contribution in [1.29, 1.82) is 0 Å². The van der Waals surface area contributed by atoms with Gasteiger partial charge in [-0.1, -0.05) is 19.3 Å². The molecule has 2 amide bonds.